The first-order chi connectivity index (χ1) is 8.08. The predicted octanol–water partition coefficient (Wildman–Crippen LogP) is 3.03. The van der Waals surface area contributed by atoms with Crippen LogP contribution in [-0.4, -0.2) is 17.8 Å². The Morgan fingerprint density at radius 2 is 2.18 bits per heavy atom. The van der Waals surface area contributed by atoms with Crippen LogP contribution in [0.2, 0.25) is 5.02 Å². The molecule has 0 aliphatic heterocycles. The molecule has 1 aromatic rings. The fourth-order valence-electron chi connectivity index (χ4n) is 1.65. The summed E-state index contributed by atoms with van der Waals surface area (Å²) in [5.74, 6) is 0.379. The lowest BCUT2D eigenvalue weighted by Gasteiger charge is -2.23. The molecule has 0 saturated heterocycles. The molecule has 0 aliphatic rings. The zero-order valence-electron chi connectivity index (χ0n) is 10.1. The third-order valence-corrected chi connectivity index (χ3v) is 2.92. The second-order valence-corrected chi connectivity index (χ2v) is 4.75. The lowest BCUT2D eigenvalue weighted by atomic mass is 10.0. The molecule has 0 aromatic heterocycles. The van der Waals surface area contributed by atoms with E-state index in [2.05, 4.69) is 25.2 Å². The molecule has 92 valence electrons. The first-order valence-corrected chi connectivity index (χ1v) is 6.03. The number of rotatable bonds is 5. The molecule has 0 fully saturated rings. The number of benzene rings is 1. The van der Waals surface area contributed by atoms with Gasteiger partial charge in [0.2, 0.25) is 0 Å². The van der Waals surface area contributed by atoms with Crippen LogP contribution in [0.15, 0.2) is 18.2 Å². The highest BCUT2D eigenvalue weighted by molar-refractivity contribution is 6.30. The van der Waals surface area contributed by atoms with Crippen LogP contribution in [0.1, 0.15) is 25.8 Å². The van der Waals surface area contributed by atoms with Gasteiger partial charge in [-0.05, 0) is 30.5 Å². The molecule has 1 atom stereocenters. The first kappa shape index (κ1) is 13.8. The number of hydrogen-bond acceptors (Lipinski definition) is 3. The van der Waals surface area contributed by atoms with E-state index in [9.17, 15) is 0 Å². The molecule has 1 aromatic carbocycles. The Morgan fingerprint density at radius 1 is 1.47 bits per heavy atom. The SMILES string of the molecule is CC(C)C(CCO)Nc1ccc(Cl)cc1C#N. The monoisotopic (exact) mass is 252 g/mol. The molecular formula is C13H17ClN2O. The zero-order valence-corrected chi connectivity index (χ0v) is 10.8. The number of halogens is 1. The molecular weight excluding hydrogens is 236 g/mol. The summed E-state index contributed by atoms with van der Waals surface area (Å²) >= 11 is 5.84. The number of nitrogens with one attached hydrogen (secondary N) is 1. The Hall–Kier alpha value is -1.24. The van der Waals surface area contributed by atoms with E-state index in [-0.39, 0.29) is 12.6 Å². The van der Waals surface area contributed by atoms with Crippen molar-refractivity contribution >= 4 is 17.3 Å². The van der Waals surface area contributed by atoms with Crippen molar-refractivity contribution in [1.29, 1.82) is 5.26 Å². The summed E-state index contributed by atoms with van der Waals surface area (Å²) < 4.78 is 0. The van der Waals surface area contributed by atoms with Crippen molar-refractivity contribution in [2.45, 2.75) is 26.3 Å². The van der Waals surface area contributed by atoms with Gasteiger partial charge in [-0.25, -0.2) is 0 Å². The Balaban J connectivity index is 2.89. The maximum atomic E-state index is 9.03. The molecule has 2 N–H and O–H groups in total. The fourth-order valence-corrected chi connectivity index (χ4v) is 1.82. The smallest absolute Gasteiger partial charge is 0.101 e. The Labute approximate surface area is 107 Å². The van der Waals surface area contributed by atoms with Gasteiger partial charge in [-0.1, -0.05) is 25.4 Å². The Kier molecular flexibility index (Phi) is 5.27. The van der Waals surface area contributed by atoms with Crippen molar-refractivity contribution in [3.8, 4) is 6.07 Å². The summed E-state index contributed by atoms with van der Waals surface area (Å²) in [4.78, 5) is 0. The first-order valence-electron chi connectivity index (χ1n) is 5.65. The van der Waals surface area contributed by atoms with Gasteiger partial charge in [0, 0.05) is 17.7 Å². The normalized spacial score (nSPS) is 12.2. The number of aliphatic hydroxyl groups is 1. The molecule has 4 heteroatoms. The summed E-state index contributed by atoms with van der Waals surface area (Å²) in [5, 5.41) is 21.9. The van der Waals surface area contributed by atoms with Crippen molar-refractivity contribution in [2.24, 2.45) is 5.92 Å². The molecule has 1 unspecified atom stereocenters. The minimum atomic E-state index is 0.130. The van der Waals surface area contributed by atoms with Crippen molar-refractivity contribution in [3.63, 3.8) is 0 Å². The summed E-state index contributed by atoms with van der Waals surface area (Å²) in [6.07, 6.45) is 0.658. The maximum Gasteiger partial charge on any atom is 0.101 e. The average Bonchev–Trinajstić information content (AvgIpc) is 2.30. The van der Waals surface area contributed by atoms with E-state index in [4.69, 9.17) is 22.0 Å². The van der Waals surface area contributed by atoms with Gasteiger partial charge >= 0.3 is 0 Å². The number of anilines is 1. The Morgan fingerprint density at radius 3 is 2.71 bits per heavy atom. The van der Waals surface area contributed by atoms with Gasteiger partial charge in [0.25, 0.3) is 0 Å². The van der Waals surface area contributed by atoms with Gasteiger partial charge in [0.1, 0.15) is 6.07 Å². The van der Waals surface area contributed by atoms with E-state index in [0.717, 1.165) is 5.69 Å². The quantitative estimate of drug-likeness (QED) is 0.847. The highest BCUT2D eigenvalue weighted by Gasteiger charge is 2.14. The molecule has 0 spiro atoms. The third-order valence-electron chi connectivity index (χ3n) is 2.69. The van der Waals surface area contributed by atoms with Gasteiger partial charge < -0.3 is 10.4 Å². The second kappa shape index (κ2) is 6.48. The summed E-state index contributed by atoms with van der Waals surface area (Å²) in [7, 11) is 0. The van der Waals surface area contributed by atoms with Crippen LogP contribution in [0, 0.1) is 17.2 Å². The third kappa shape index (κ3) is 3.92. The van der Waals surface area contributed by atoms with E-state index in [1.54, 1.807) is 18.2 Å². The van der Waals surface area contributed by atoms with E-state index in [1.807, 2.05) is 0 Å². The fraction of sp³-hybridized carbons (Fsp3) is 0.462. The van der Waals surface area contributed by atoms with E-state index in [1.165, 1.54) is 0 Å². The van der Waals surface area contributed by atoms with Gasteiger partial charge in [-0.15, -0.1) is 0 Å². The number of nitriles is 1. The molecule has 0 heterocycles. The molecule has 3 nitrogen and oxygen atoms in total. The van der Waals surface area contributed by atoms with Crippen LogP contribution >= 0.6 is 11.6 Å². The van der Waals surface area contributed by atoms with Crippen LogP contribution in [-0.2, 0) is 0 Å². The lowest BCUT2D eigenvalue weighted by Crippen LogP contribution is -2.27. The summed E-state index contributed by atoms with van der Waals surface area (Å²) in [6, 6.07) is 7.45. The van der Waals surface area contributed by atoms with Crippen molar-refractivity contribution in [3.05, 3.63) is 28.8 Å². The second-order valence-electron chi connectivity index (χ2n) is 4.31. The molecule has 0 bridgehead atoms. The number of hydrogen-bond donors (Lipinski definition) is 2. The van der Waals surface area contributed by atoms with E-state index >= 15 is 0 Å². The van der Waals surface area contributed by atoms with Crippen molar-refractivity contribution in [2.75, 3.05) is 11.9 Å². The lowest BCUT2D eigenvalue weighted by molar-refractivity contribution is 0.267. The van der Waals surface area contributed by atoms with Gasteiger partial charge in [-0.2, -0.15) is 5.26 Å². The molecule has 0 saturated carbocycles. The Bertz CT molecular complexity index is 412. The van der Waals surface area contributed by atoms with Crippen LogP contribution in [0.3, 0.4) is 0 Å². The molecule has 17 heavy (non-hydrogen) atoms. The maximum absolute atomic E-state index is 9.03. The topological polar surface area (TPSA) is 56.0 Å². The molecule has 0 aliphatic carbocycles. The zero-order chi connectivity index (χ0) is 12.8. The van der Waals surface area contributed by atoms with Crippen LogP contribution in [0.25, 0.3) is 0 Å². The highest BCUT2D eigenvalue weighted by Crippen LogP contribution is 2.22. The number of aliphatic hydroxyl groups excluding tert-OH is 1. The number of nitrogens with zero attached hydrogens (tertiary/aromatic N) is 1. The van der Waals surface area contributed by atoms with Gasteiger partial charge in [-0.3, -0.25) is 0 Å². The van der Waals surface area contributed by atoms with Gasteiger partial charge in [0.05, 0.1) is 11.3 Å². The molecule has 1 rings (SSSR count). The van der Waals surface area contributed by atoms with Gasteiger partial charge in [0.15, 0.2) is 0 Å². The van der Waals surface area contributed by atoms with Crippen molar-refractivity contribution < 1.29 is 5.11 Å². The summed E-state index contributed by atoms with van der Waals surface area (Å²) in [6.45, 7) is 4.29. The van der Waals surface area contributed by atoms with E-state index < -0.39 is 0 Å². The minimum Gasteiger partial charge on any atom is -0.396 e. The standard InChI is InChI=1S/C13H17ClN2O/c1-9(2)12(5-6-17)16-13-4-3-11(14)7-10(13)8-15/h3-4,7,9,12,16-17H,5-6H2,1-2H3. The van der Waals surface area contributed by atoms with Crippen LogP contribution < -0.4 is 5.32 Å². The predicted molar refractivity (Wildman–Crippen MR) is 70.1 cm³/mol. The average molecular weight is 253 g/mol. The summed E-state index contributed by atoms with van der Waals surface area (Å²) in [5.41, 5.74) is 1.30. The van der Waals surface area contributed by atoms with Crippen LogP contribution in [0.4, 0.5) is 5.69 Å². The minimum absolute atomic E-state index is 0.130. The molecule has 0 amide bonds. The van der Waals surface area contributed by atoms with E-state index in [0.29, 0.717) is 22.9 Å². The molecule has 0 radical (unpaired) electrons. The van der Waals surface area contributed by atoms with Crippen molar-refractivity contribution in [1.82, 2.24) is 0 Å². The highest BCUT2D eigenvalue weighted by atomic mass is 35.5. The van der Waals surface area contributed by atoms with Crippen LogP contribution in [0.5, 0.6) is 0 Å². The largest absolute Gasteiger partial charge is 0.396 e.